The summed E-state index contributed by atoms with van der Waals surface area (Å²) in [4.78, 5) is 8.52. The zero-order chi connectivity index (χ0) is 16.7. The van der Waals surface area contributed by atoms with Crippen molar-refractivity contribution in [2.24, 2.45) is 0 Å². The molecule has 128 valence electrons. The number of hydrogen-bond donors (Lipinski definition) is 1. The Morgan fingerprint density at radius 1 is 1.25 bits per heavy atom. The first-order valence-electron chi connectivity index (χ1n) is 8.12. The third-order valence-electron chi connectivity index (χ3n) is 4.89. The van der Waals surface area contributed by atoms with E-state index in [1.807, 2.05) is 0 Å². The van der Waals surface area contributed by atoms with Gasteiger partial charge in [0.25, 0.3) is 10.0 Å². The molecule has 1 N–H and O–H groups in total. The van der Waals surface area contributed by atoms with Crippen LogP contribution in [-0.2, 0) is 22.9 Å². The number of H-pyrrole nitrogens is 1. The molecule has 0 saturated carbocycles. The normalized spacial score (nSPS) is 18.5. The molecule has 4 rings (SSSR count). The average molecular weight is 348 g/mol. The first kappa shape index (κ1) is 15.5. The van der Waals surface area contributed by atoms with Crippen LogP contribution in [-0.4, -0.2) is 59.1 Å². The highest BCUT2D eigenvalue weighted by Crippen LogP contribution is 2.27. The number of rotatable bonds is 4. The average Bonchev–Trinajstić information content (AvgIpc) is 3.08. The molecule has 0 spiro atoms. The summed E-state index contributed by atoms with van der Waals surface area (Å²) in [6, 6.07) is 2.04. The van der Waals surface area contributed by atoms with Crippen molar-refractivity contribution in [1.82, 2.24) is 24.5 Å². The molecule has 2 aromatic rings. The first-order valence-corrected chi connectivity index (χ1v) is 9.56. The minimum Gasteiger partial charge on any atom is -0.352 e. The van der Waals surface area contributed by atoms with Gasteiger partial charge in [-0.15, -0.1) is 5.10 Å². The molecule has 3 heterocycles. The number of hydrogen-bond acceptors (Lipinski definition) is 6. The molecule has 0 radical (unpaired) electrons. The fourth-order valence-corrected chi connectivity index (χ4v) is 4.47. The maximum Gasteiger partial charge on any atom is 0.260 e. The summed E-state index contributed by atoms with van der Waals surface area (Å²) < 4.78 is 26.3. The van der Waals surface area contributed by atoms with E-state index in [0.717, 1.165) is 24.4 Å². The summed E-state index contributed by atoms with van der Waals surface area (Å²) in [6.07, 6.45) is 7.16. The predicted molar refractivity (Wildman–Crippen MR) is 88.2 cm³/mol. The zero-order valence-corrected chi connectivity index (χ0v) is 14.3. The van der Waals surface area contributed by atoms with Gasteiger partial charge in [-0.05, 0) is 37.3 Å². The van der Waals surface area contributed by atoms with Gasteiger partial charge in [0.2, 0.25) is 0 Å². The van der Waals surface area contributed by atoms with Crippen LogP contribution in [0.25, 0.3) is 0 Å². The Hall–Kier alpha value is -2.00. The van der Waals surface area contributed by atoms with Crippen molar-refractivity contribution in [2.75, 3.05) is 25.0 Å². The summed E-state index contributed by atoms with van der Waals surface area (Å²) in [5.41, 5.74) is 2.40. The number of nitrogens with one attached hydrogen (secondary N) is 1. The van der Waals surface area contributed by atoms with Gasteiger partial charge >= 0.3 is 0 Å². The fourth-order valence-electron chi connectivity index (χ4n) is 3.24. The van der Waals surface area contributed by atoms with E-state index in [1.165, 1.54) is 35.2 Å². The van der Waals surface area contributed by atoms with Crippen molar-refractivity contribution in [3.8, 4) is 0 Å². The van der Waals surface area contributed by atoms with Crippen LogP contribution in [0.2, 0.25) is 0 Å². The van der Waals surface area contributed by atoms with Gasteiger partial charge in [-0.25, -0.2) is 13.4 Å². The van der Waals surface area contributed by atoms with Crippen molar-refractivity contribution in [2.45, 2.75) is 36.8 Å². The highest BCUT2D eigenvalue weighted by atomic mass is 32.2. The molecule has 9 heteroatoms. The first-order chi connectivity index (χ1) is 11.6. The number of sulfonamides is 1. The van der Waals surface area contributed by atoms with Gasteiger partial charge in [0, 0.05) is 20.1 Å². The Labute approximate surface area is 141 Å². The van der Waals surface area contributed by atoms with Gasteiger partial charge in [-0.1, -0.05) is 0 Å². The second kappa shape index (κ2) is 5.82. The summed E-state index contributed by atoms with van der Waals surface area (Å²) in [5, 5.41) is 8.78. The highest BCUT2D eigenvalue weighted by Gasteiger charge is 2.38. The molecule has 24 heavy (non-hydrogen) atoms. The van der Waals surface area contributed by atoms with Crippen molar-refractivity contribution < 1.29 is 8.42 Å². The fraction of sp³-hybridized carbons (Fsp3) is 0.533. The molecule has 0 amide bonds. The van der Waals surface area contributed by atoms with Crippen LogP contribution in [0.15, 0.2) is 23.6 Å². The smallest absolute Gasteiger partial charge is 0.260 e. The van der Waals surface area contributed by atoms with Crippen LogP contribution in [0, 0.1) is 0 Å². The molecule has 2 aromatic heterocycles. The van der Waals surface area contributed by atoms with Crippen LogP contribution in [0.4, 0.5) is 5.82 Å². The van der Waals surface area contributed by atoms with E-state index in [9.17, 15) is 8.42 Å². The van der Waals surface area contributed by atoms with Crippen LogP contribution in [0.5, 0.6) is 0 Å². The van der Waals surface area contributed by atoms with Gasteiger partial charge in [-0.3, -0.25) is 0 Å². The van der Waals surface area contributed by atoms with Crippen LogP contribution in [0.3, 0.4) is 0 Å². The summed E-state index contributed by atoms with van der Waals surface area (Å²) in [7, 11) is -1.92. The van der Waals surface area contributed by atoms with Gasteiger partial charge < -0.3 is 9.88 Å². The summed E-state index contributed by atoms with van der Waals surface area (Å²) in [5.74, 6) is 0.847. The second-order valence-electron chi connectivity index (χ2n) is 6.38. The molecule has 2 aliphatic rings. The summed E-state index contributed by atoms with van der Waals surface area (Å²) >= 11 is 0. The highest BCUT2D eigenvalue weighted by molar-refractivity contribution is 7.89. The molecule has 1 fully saturated rings. The standard InChI is InChI=1S/C15H20N6O2S/c1-20(24(22,23)15-7-16-10-17-15)12-8-21(9-12)14-6-11-4-2-3-5-13(11)18-19-14/h6-7,10,12H,2-5,8-9H2,1H3,(H,16,17). The lowest BCUT2D eigenvalue weighted by atomic mass is 9.96. The van der Waals surface area contributed by atoms with Crippen molar-refractivity contribution in [3.05, 3.63) is 29.8 Å². The van der Waals surface area contributed by atoms with E-state index in [1.54, 1.807) is 7.05 Å². The largest absolute Gasteiger partial charge is 0.352 e. The molecule has 0 atom stereocenters. The van der Waals surface area contributed by atoms with Crippen LogP contribution in [0.1, 0.15) is 24.1 Å². The van der Waals surface area contributed by atoms with Gasteiger partial charge in [0.05, 0.1) is 24.3 Å². The van der Waals surface area contributed by atoms with E-state index in [4.69, 9.17) is 0 Å². The Balaban J connectivity index is 1.45. The lowest BCUT2D eigenvalue weighted by Crippen LogP contribution is -2.60. The molecular weight excluding hydrogens is 328 g/mol. The van der Waals surface area contributed by atoms with Crippen molar-refractivity contribution >= 4 is 15.8 Å². The van der Waals surface area contributed by atoms with Crippen molar-refractivity contribution in [3.63, 3.8) is 0 Å². The van der Waals surface area contributed by atoms with Gasteiger partial charge in [-0.2, -0.15) is 9.40 Å². The van der Waals surface area contributed by atoms with E-state index in [-0.39, 0.29) is 11.1 Å². The number of likely N-dealkylation sites (N-methyl/N-ethyl adjacent to an activating group) is 1. The Bertz CT molecular complexity index is 830. The Morgan fingerprint density at radius 2 is 2.04 bits per heavy atom. The number of anilines is 1. The molecular formula is C15H20N6O2S. The minimum atomic E-state index is -3.52. The maximum absolute atomic E-state index is 12.5. The summed E-state index contributed by atoms with van der Waals surface area (Å²) in [6.45, 7) is 1.24. The van der Waals surface area contributed by atoms with Gasteiger partial charge in [0.1, 0.15) is 0 Å². The second-order valence-corrected chi connectivity index (χ2v) is 8.34. The molecule has 1 aliphatic heterocycles. The molecule has 8 nitrogen and oxygen atoms in total. The number of aromatic amines is 1. The quantitative estimate of drug-likeness (QED) is 0.869. The number of aryl methyl sites for hydroxylation is 2. The predicted octanol–water partition coefficient (Wildman–Crippen LogP) is 0.588. The van der Waals surface area contributed by atoms with E-state index in [0.29, 0.717) is 13.1 Å². The van der Waals surface area contributed by atoms with Crippen LogP contribution >= 0.6 is 0 Å². The zero-order valence-electron chi connectivity index (χ0n) is 13.5. The van der Waals surface area contributed by atoms with E-state index in [2.05, 4.69) is 31.1 Å². The Morgan fingerprint density at radius 3 is 2.79 bits per heavy atom. The third kappa shape index (κ3) is 2.57. The molecule has 1 aliphatic carbocycles. The molecule has 0 bridgehead atoms. The minimum absolute atomic E-state index is 0.0730. The van der Waals surface area contributed by atoms with Crippen molar-refractivity contribution in [1.29, 1.82) is 0 Å². The lowest BCUT2D eigenvalue weighted by molar-refractivity contribution is 0.308. The SMILES string of the molecule is CN(C1CN(c2cc3c(nn2)CCCC3)C1)S(=O)(=O)c1cnc[nH]1. The number of fused-ring (bicyclic) bond motifs is 1. The third-order valence-corrected chi connectivity index (χ3v) is 6.72. The van der Waals surface area contributed by atoms with Gasteiger partial charge in [0.15, 0.2) is 10.8 Å². The van der Waals surface area contributed by atoms with E-state index >= 15 is 0 Å². The topological polar surface area (TPSA) is 95.1 Å². The van der Waals surface area contributed by atoms with E-state index < -0.39 is 10.0 Å². The van der Waals surface area contributed by atoms with Crippen LogP contribution < -0.4 is 4.90 Å². The monoisotopic (exact) mass is 348 g/mol. The molecule has 1 saturated heterocycles. The lowest BCUT2D eigenvalue weighted by Gasteiger charge is -2.43. The molecule has 0 aromatic carbocycles. The number of imidazole rings is 1. The molecule has 0 unspecified atom stereocenters. The number of aromatic nitrogens is 4. The Kier molecular flexibility index (Phi) is 3.76. The number of nitrogens with zero attached hydrogens (tertiary/aromatic N) is 5. The maximum atomic E-state index is 12.5.